The third-order valence-electron chi connectivity index (χ3n) is 3.57. The Kier molecular flexibility index (Phi) is 5.16. The molecule has 0 aromatic carbocycles. The molecular weight excluding hydrogens is 298 g/mol. The lowest BCUT2D eigenvalue weighted by molar-refractivity contribution is -0.149. The summed E-state index contributed by atoms with van der Waals surface area (Å²) in [7, 11) is -3.52. The molecule has 1 aromatic rings. The Morgan fingerprint density at radius 3 is 2.24 bits per heavy atom. The summed E-state index contributed by atoms with van der Waals surface area (Å²) in [5, 5.41) is 11.4. The summed E-state index contributed by atoms with van der Waals surface area (Å²) in [5.41, 5.74) is -1.04. The van der Waals surface area contributed by atoms with Crippen molar-refractivity contribution in [2.45, 2.75) is 31.8 Å². The van der Waals surface area contributed by atoms with Crippen LogP contribution in [-0.2, 0) is 14.6 Å². The summed E-state index contributed by atoms with van der Waals surface area (Å²) in [6, 6.07) is 2.43. The molecule has 21 heavy (non-hydrogen) atoms. The predicted octanol–water partition coefficient (Wildman–Crippen LogP) is 1.30. The van der Waals surface area contributed by atoms with E-state index in [1.54, 1.807) is 13.8 Å². The van der Waals surface area contributed by atoms with Crippen molar-refractivity contribution < 1.29 is 27.5 Å². The van der Waals surface area contributed by atoms with Gasteiger partial charge in [-0.3, -0.25) is 9.59 Å². The van der Waals surface area contributed by atoms with E-state index in [-0.39, 0.29) is 17.4 Å². The summed E-state index contributed by atoms with van der Waals surface area (Å²) in [6.45, 7) is 3.42. The van der Waals surface area contributed by atoms with Crippen molar-refractivity contribution in [3.63, 3.8) is 0 Å². The van der Waals surface area contributed by atoms with Gasteiger partial charge in [0.2, 0.25) is 14.9 Å². The van der Waals surface area contributed by atoms with Crippen LogP contribution in [0, 0.1) is 5.41 Å². The second-order valence-electron chi connectivity index (χ2n) is 4.87. The topological polar surface area (TPSA) is 114 Å². The molecule has 0 aliphatic carbocycles. The van der Waals surface area contributed by atoms with Gasteiger partial charge < -0.3 is 14.8 Å². The second kappa shape index (κ2) is 6.30. The average molecular weight is 317 g/mol. The van der Waals surface area contributed by atoms with E-state index in [0.717, 1.165) is 6.26 Å². The Labute approximate surface area is 123 Å². The number of rotatable bonds is 7. The fourth-order valence-corrected chi connectivity index (χ4v) is 2.41. The van der Waals surface area contributed by atoms with E-state index >= 15 is 0 Å². The van der Waals surface area contributed by atoms with Crippen LogP contribution in [0.15, 0.2) is 21.6 Å². The van der Waals surface area contributed by atoms with Crippen molar-refractivity contribution in [1.29, 1.82) is 0 Å². The molecule has 0 aliphatic rings. The molecule has 0 spiro atoms. The largest absolute Gasteiger partial charge is 0.481 e. The molecular formula is C13H19NO6S. The van der Waals surface area contributed by atoms with Gasteiger partial charge in [-0.25, -0.2) is 8.42 Å². The molecule has 2 N–H and O–H groups in total. The SMILES string of the molecule is CCC(CC)(CNC(=O)c1ccc(S(C)(=O)=O)o1)C(=O)O. The number of sulfone groups is 1. The summed E-state index contributed by atoms with van der Waals surface area (Å²) >= 11 is 0. The minimum atomic E-state index is -3.52. The molecule has 7 nitrogen and oxygen atoms in total. The highest BCUT2D eigenvalue weighted by Crippen LogP contribution is 2.26. The van der Waals surface area contributed by atoms with E-state index in [2.05, 4.69) is 5.32 Å². The van der Waals surface area contributed by atoms with Gasteiger partial charge in [-0.2, -0.15) is 0 Å². The van der Waals surface area contributed by atoms with E-state index in [4.69, 9.17) is 4.42 Å². The number of hydrogen-bond donors (Lipinski definition) is 2. The number of carbonyl (C=O) groups is 2. The molecule has 1 heterocycles. The number of carbonyl (C=O) groups excluding carboxylic acids is 1. The zero-order valence-electron chi connectivity index (χ0n) is 12.2. The molecule has 0 radical (unpaired) electrons. The lowest BCUT2D eigenvalue weighted by Crippen LogP contribution is -2.42. The highest BCUT2D eigenvalue weighted by Gasteiger charge is 2.35. The van der Waals surface area contributed by atoms with E-state index < -0.39 is 27.1 Å². The van der Waals surface area contributed by atoms with Crippen LogP contribution >= 0.6 is 0 Å². The van der Waals surface area contributed by atoms with Crippen LogP contribution in [0.25, 0.3) is 0 Å². The monoisotopic (exact) mass is 317 g/mol. The van der Waals surface area contributed by atoms with Crippen LogP contribution in [0.2, 0.25) is 0 Å². The predicted molar refractivity (Wildman–Crippen MR) is 74.8 cm³/mol. The number of furan rings is 1. The van der Waals surface area contributed by atoms with E-state index in [1.807, 2.05) is 0 Å². The second-order valence-corrected chi connectivity index (χ2v) is 6.81. The number of aliphatic carboxylic acids is 1. The number of carboxylic acid groups (broad SMARTS) is 1. The molecule has 0 saturated carbocycles. The van der Waals surface area contributed by atoms with Crippen LogP contribution in [0.3, 0.4) is 0 Å². The lowest BCUT2D eigenvalue weighted by Gasteiger charge is -2.26. The molecule has 0 unspecified atom stereocenters. The number of carboxylic acids is 1. The van der Waals surface area contributed by atoms with Gasteiger partial charge in [0, 0.05) is 12.8 Å². The van der Waals surface area contributed by atoms with Crippen molar-refractivity contribution in [3.8, 4) is 0 Å². The number of hydrogen-bond acceptors (Lipinski definition) is 5. The third-order valence-corrected chi connectivity index (χ3v) is 4.52. The smallest absolute Gasteiger partial charge is 0.311 e. The summed E-state index contributed by atoms with van der Waals surface area (Å²) in [5.74, 6) is -1.79. The molecule has 0 saturated heterocycles. The highest BCUT2D eigenvalue weighted by atomic mass is 32.2. The van der Waals surface area contributed by atoms with Gasteiger partial charge in [-0.05, 0) is 25.0 Å². The Morgan fingerprint density at radius 2 is 1.86 bits per heavy atom. The summed E-state index contributed by atoms with van der Waals surface area (Å²) < 4.78 is 27.5. The fraction of sp³-hybridized carbons (Fsp3) is 0.538. The van der Waals surface area contributed by atoms with Crippen molar-refractivity contribution >= 4 is 21.7 Å². The standard InChI is InChI=1S/C13H19NO6S/c1-4-13(5-2,12(16)17)8-14-11(15)9-6-7-10(20-9)21(3,18)19/h6-7H,4-5,8H2,1-3H3,(H,14,15)(H,16,17). The highest BCUT2D eigenvalue weighted by molar-refractivity contribution is 7.90. The first-order valence-electron chi connectivity index (χ1n) is 6.47. The van der Waals surface area contributed by atoms with Crippen LogP contribution in [0.1, 0.15) is 37.2 Å². The van der Waals surface area contributed by atoms with E-state index in [9.17, 15) is 23.1 Å². The Balaban J connectivity index is 2.83. The zero-order chi connectivity index (χ0) is 16.3. The Bertz CT molecular complexity index is 627. The molecule has 1 aromatic heterocycles. The minimum Gasteiger partial charge on any atom is -0.481 e. The van der Waals surface area contributed by atoms with Crippen molar-refractivity contribution in [2.24, 2.45) is 5.41 Å². The van der Waals surface area contributed by atoms with Crippen LogP contribution in [0.5, 0.6) is 0 Å². The van der Waals surface area contributed by atoms with Crippen LogP contribution < -0.4 is 5.32 Å². The van der Waals surface area contributed by atoms with Gasteiger partial charge in [0.05, 0.1) is 5.41 Å². The first kappa shape index (κ1) is 17.2. The number of nitrogens with one attached hydrogen (secondary N) is 1. The first-order valence-corrected chi connectivity index (χ1v) is 8.37. The maximum atomic E-state index is 11.9. The maximum Gasteiger partial charge on any atom is 0.311 e. The van der Waals surface area contributed by atoms with Gasteiger partial charge in [-0.15, -0.1) is 0 Å². The Hall–Kier alpha value is -1.83. The van der Waals surface area contributed by atoms with E-state index in [0.29, 0.717) is 12.8 Å². The van der Waals surface area contributed by atoms with Crippen LogP contribution in [0.4, 0.5) is 0 Å². The molecule has 0 atom stereocenters. The minimum absolute atomic E-state index is 0.0525. The van der Waals surface area contributed by atoms with Crippen molar-refractivity contribution in [3.05, 3.63) is 17.9 Å². The van der Waals surface area contributed by atoms with Crippen molar-refractivity contribution in [2.75, 3.05) is 12.8 Å². The summed E-state index contributed by atoms with van der Waals surface area (Å²) in [6.07, 6.45) is 1.70. The van der Waals surface area contributed by atoms with Gasteiger partial charge >= 0.3 is 5.97 Å². The van der Waals surface area contributed by atoms with Gasteiger partial charge in [0.25, 0.3) is 5.91 Å². The molecule has 0 bridgehead atoms. The van der Waals surface area contributed by atoms with E-state index in [1.165, 1.54) is 12.1 Å². The van der Waals surface area contributed by atoms with Gasteiger partial charge in [0.1, 0.15) is 0 Å². The van der Waals surface area contributed by atoms with Crippen LogP contribution in [-0.4, -0.2) is 38.2 Å². The molecule has 118 valence electrons. The third kappa shape index (κ3) is 3.84. The lowest BCUT2D eigenvalue weighted by atomic mass is 9.82. The molecule has 0 fully saturated rings. The van der Waals surface area contributed by atoms with Crippen molar-refractivity contribution in [1.82, 2.24) is 5.32 Å². The van der Waals surface area contributed by atoms with Gasteiger partial charge in [0.15, 0.2) is 5.76 Å². The number of amides is 1. The molecule has 1 amide bonds. The zero-order valence-corrected chi connectivity index (χ0v) is 13.0. The maximum absolute atomic E-state index is 11.9. The summed E-state index contributed by atoms with van der Waals surface area (Å²) in [4.78, 5) is 23.2. The quantitative estimate of drug-likeness (QED) is 0.783. The average Bonchev–Trinajstić information content (AvgIpc) is 2.89. The fourth-order valence-electron chi connectivity index (χ4n) is 1.86. The molecule has 8 heteroatoms. The molecule has 1 rings (SSSR count). The Morgan fingerprint density at radius 1 is 1.29 bits per heavy atom. The van der Waals surface area contributed by atoms with Gasteiger partial charge in [-0.1, -0.05) is 13.8 Å². The normalized spacial score (nSPS) is 12.1. The first-order chi connectivity index (χ1) is 9.66. The molecule has 0 aliphatic heterocycles.